The van der Waals surface area contributed by atoms with Gasteiger partial charge in [-0.25, -0.2) is 0 Å². The van der Waals surface area contributed by atoms with Gasteiger partial charge < -0.3 is 26.2 Å². The van der Waals surface area contributed by atoms with Crippen molar-refractivity contribution in [1.82, 2.24) is 20.9 Å². The van der Waals surface area contributed by atoms with E-state index in [0.29, 0.717) is 25.1 Å². The van der Waals surface area contributed by atoms with Crippen LogP contribution in [-0.2, 0) is 30.4 Å². The molecule has 0 bridgehead atoms. The molecule has 218 valence electrons. The minimum absolute atomic E-state index is 0.127. The van der Waals surface area contributed by atoms with E-state index in [1.54, 1.807) is 0 Å². The van der Waals surface area contributed by atoms with Crippen molar-refractivity contribution in [3.63, 3.8) is 0 Å². The van der Waals surface area contributed by atoms with E-state index in [1.807, 2.05) is 30.3 Å². The highest BCUT2D eigenvalue weighted by atomic mass is 16.6. The molecule has 0 saturated carbocycles. The number of carbonyl (C=O) groups is 5. The second-order valence-corrected chi connectivity index (χ2v) is 9.89. The molecule has 1 saturated heterocycles. The van der Waals surface area contributed by atoms with E-state index < -0.39 is 52.7 Å². The molecule has 4 atom stereocenters. The van der Waals surface area contributed by atoms with Crippen LogP contribution >= 0.6 is 0 Å². The standard InChI is InChI=1S/C28H34N6O7/c1-17(29-19(3)35)25(36)30-18(2)28(39)33-15-7-10-24(33)27(38)32-23(16-20-8-5-4-6-9-20)26(37)31-21-11-13-22(14-12-21)34(40)41/h4-6,8-9,11-14,17-18,23-24H,7,10,15-16H2,1-3H3,(H,29,35)(H,30,36)(H,31,37)(H,32,38)/t17-,18+,23-,24?/m0/s1. The van der Waals surface area contributed by atoms with Crippen LogP contribution in [0.15, 0.2) is 54.6 Å². The molecule has 1 aliphatic rings. The highest BCUT2D eigenvalue weighted by molar-refractivity contribution is 5.99. The van der Waals surface area contributed by atoms with E-state index >= 15 is 0 Å². The number of hydrogen-bond donors (Lipinski definition) is 4. The van der Waals surface area contributed by atoms with Crippen LogP contribution in [0.5, 0.6) is 0 Å². The van der Waals surface area contributed by atoms with Crippen molar-refractivity contribution in [2.24, 2.45) is 0 Å². The Morgan fingerprint density at radius 2 is 1.59 bits per heavy atom. The summed E-state index contributed by atoms with van der Waals surface area (Å²) < 4.78 is 0. The van der Waals surface area contributed by atoms with E-state index in [2.05, 4.69) is 21.3 Å². The third-order valence-corrected chi connectivity index (χ3v) is 6.64. The van der Waals surface area contributed by atoms with Crippen molar-refractivity contribution in [1.29, 1.82) is 0 Å². The Balaban J connectivity index is 1.71. The largest absolute Gasteiger partial charge is 0.345 e. The molecule has 0 spiro atoms. The van der Waals surface area contributed by atoms with Gasteiger partial charge in [-0.3, -0.25) is 34.1 Å². The fraction of sp³-hybridized carbons (Fsp3) is 0.393. The number of nitro groups is 1. The number of benzene rings is 2. The van der Waals surface area contributed by atoms with Crippen LogP contribution in [0.25, 0.3) is 0 Å². The molecule has 41 heavy (non-hydrogen) atoms. The van der Waals surface area contributed by atoms with Crippen molar-refractivity contribution in [2.75, 3.05) is 11.9 Å². The van der Waals surface area contributed by atoms with Crippen LogP contribution in [0.2, 0.25) is 0 Å². The Morgan fingerprint density at radius 1 is 0.927 bits per heavy atom. The van der Waals surface area contributed by atoms with Crippen LogP contribution in [0.3, 0.4) is 0 Å². The summed E-state index contributed by atoms with van der Waals surface area (Å²) in [6, 6.07) is 10.8. The fourth-order valence-electron chi connectivity index (χ4n) is 4.55. The summed E-state index contributed by atoms with van der Waals surface area (Å²) in [5, 5.41) is 21.4. The first kappa shape index (κ1) is 30.7. The van der Waals surface area contributed by atoms with Crippen LogP contribution in [0.1, 0.15) is 39.2 Å². The molecule has 0 radical (unpaired) electrons. The van der Waals surface area contributed by atoms with E-state index in [4.69, 9.17) is 0 Å². The van der Waals surface area contributed by atoms with Crippen molar-refractivity contribution < 1.29 is 28.9 Å². The Labute approximate surface area is 237 Å². The minimum atomic E-state index is -1.01. The van der Waals surface area contributed by atoms with E-state index in [1.165, 1.54) is 49.9 Å². The van der Waals surface area contributed by atoms with Gasteiger partial charge in [-0.2, -0.15) is 0 Å². The maximum atomic E-state index is 13.4. The second-order valence-electron chi connectivity index (χ2n) is 9.89. The first-order valence-corrected chi connectivity index (χ1v) is 13.2. The van der Waals surface area contributed by atoms with Crippen molar-refractivity contribution in [3.05, 3.63) is 70.3 Å². The van der Waals surface area contributed by atoms with E-state index in [9.17, 15) is 34.1 Å². The third-order valence-electron chi connectivity index (χ3n) is 6.64. The molecule has 0 aliphatic carbocycles. The molecule has 4 N–H and O–H groups in total. The normalized spacial score (nSPS) is 16.6. The fourth-order valence-corrected chi connectivity index (χ4v) is 4.55. The molecule has 1 unspecified atom stereocenters. The summed E-state index contributed by atoms with van der Waals surface area (Å²) in [4.78, 5) is 75.2. The Hall–Kier alpha value is -4.81. The van der Waals surface area contributed by atoms with Gasteiger partial charge in [0.25, 0.3) is 5.69 Å². The smallest absolute Gasteiger partial charge is 0.269 e. The van der Waals surface area contributed by atoms with Gasteiger partial charge in [0.1, 0.15) is 24.2 Å². The molecule has 13 nitrogen and oxygen atoms in total. The lowest BCUT2D eigenvalue weighted by Crippen LogP contribution is -2.56. The maximum Gasteiger partial charge on any atom is 0.269 e. The molecular formula is C28H34N6O7. The summed E-state index contributed by atoms with van der Waals surface area (Å²) in [6.07, 6.45) is 1.10. The summed E-state index contributed by atoms with van der Waals surface area (Å²) in [7, 11) is 0. The molecule has 5 amide bonds. The number of nitrogens with zero attached hydrogens (tertiary/aromatic N) is 2. The maximum absolute atomic E-state index is 13.4. The molecule has 13 heteroatoms. The topological polar surface area (TPSA) is 180 Å². The first-order valence-electron chi connectivity index (χ1n) is 13.2. The third kappa shape index (κ3) is 8.59. The predicted molar refractivity (Wildman–Crippen MR) is 149 cm³/mol. The summed E-state index contributed by atoms with van der Waals surface area (Å²) in [6.45, 7) is 4.58. The van der Waals surface area contributed by atoms with Crippen LogP contribution in [0.4, 0.5) is 11.4 Å². The zero-order valence-electron chi connectivity index (χ0n) is 23.1. The van der Waals surface area contributed by atoms with Gasteiger partial charge in [-0.05, 0) is 44.4 Å². The van der Waals surface area contributed by atoms with Crippen LogP contribution in [0, 0.1) is 10.1 Å². The summed E-state index contributed by atoms with van der Waals surface area (Å²) >= 11 is 0. The lowest BCUT2D eigenvalue weighted by Gasteiger charge is -2.29. The number of nitro benzene ring substituents is 1. The van der Waals surface area contributed by atoms with Gasteiger partial charge in [0, 0.05) is 37.7 Å². The van der Waals surface area contributed by atoms with Gasteiger partial charge in [0.05, 0.1) is 4.92 Å². The summed E-state index contributed by atoms with van der Waals surface area (Å²) in [5.74, 6) is -2.42. The molecule has 2 aromatic rings. The van der Waals surface area contributed by atoms with Crippen molar-refractivity contribution in [3.8, 4) is 0 Å². The van der Waals surface area contributed by atoms with E-state index in [0.717, 1.165) is 5.56 Å². The van der Waals surface area contributed by atoms with E-state index in [-0.39, 0.29) is 18.0 Å². The average molecular weight is 567 g/mol. The number of non-ortho nitro benzene ring substituents is 1. The minimum Gasteiger partial charge on any atom is -0.345 e. The highest BCUT2D eigenvalue weighted by Gasteiger charge is 2.38. The van der Waals surface area contributed by atoms with Gasteiger partial charge in [-0.15, -0.1) is 0 Å². The average Bonchev–Trinajstić information content (AvgIpc) is 3.43. The number of rotatable bonds is 11. The van der Waals surface area contributed by atoms with Gasteiger partial charge >= 0.3 is 0 Å². The first-order chi connectivity index (χ1) is 19.5. The number of nitrogens with one attached hydrogen (secondary N) is 4. The zero-order chi connectivity index (χ0) is 30.1. The molecular weight excluding hydrogens is 532 g/mol. The number of hydrogen-bond acceptors (Lipinski definition) is 7. The molecule has 1 aliphatic heterocycles. The van der Waals surface area contributed by atoms with Gasteiger partial charge in [0.15, 0.2) is 0 Å². The Kier molecular flexibility index (Phi) is 10.5. The van der Waals surface area contributed by atoms with Crippen LogP contribution < -0.4 is 21.3 Å². The molecule has 2 aromatic carbocycles. The van der Waals surface area contributed by atoms with Crippen LogP contribution in [-0.4, -0.2) is 70.1 Å². The lowest BCUT2D eigenvalue weighted by atomic mass is 10.0. The number of amides is 5. The zero-order valence-corrected chi connectivity index (χ0v) is 23.1. The quantitative estimate of drug-likeness (QED) is 0.234. The lowest BCUT2D eigenvalue weighted by molar-refractivity contribution is -0.384. The molecule has 1 heterocycles. The number of carbonyl (C=O) groups excluding carboxylic acids is 5. The van der Waals surface area contributed by atoms with Crippen molar-refractivity contribution in [2.45, 2.75) is 64.2 Å². The molecule has 0 aromatic heterocycles. The summed E-state index contributed by atoms with van der Waals surface area (Å²) in [5.41, 5.74) is 0.988. The predicted octanol–water partition coefficient (Wildman–Crippen LogP) is 1.28. The highest BCUT2D eigenvalue weighted by Crippen LogP contribution is 2.20. The second kappa shape index (κ2) is 14.0. The monoisotopic (exact) mass is 566 g/mol. The Bertz CT molecular complexity index is 1280. The Morgan fingerprint density at radius 3 is 2.20 bits per heavy atom. The van der Waals surface area contributed by atoms with Crippen molar-refractivity contribution >= 4 is 40.9 Å². The molecule has 3 rings (SSSR count). The molecule has 1 fully saturated rings. The SMILES string of the molecule is CC(=O)N[C@@H](C)C(=O)N[C@H](C)C(=O)N1CCCC1C(=O)N[C@@H](Cc1ccccc1)C(=O)Nc1ccc([N+](=O)[O-])cc1. The van der Waals surface area contributed by atoms with Gasteiger partial charge in [0.2, 0.25) is 29.5 Å². The number of anilines is 1. The van der Waals surface area contributed by atoms with Gasteiger partial charge in [-0.1, -0.05) is 30.3 Å². The number of likely N-dealkylation sites (tertiary alicyclic amines) is 1.